The largest absolute Gasteiger partial charge is 0.491 e. The lowest BCUT2D eigenvalue weighted by Gasteiger charge is -2.36. The summed E-state index contributed by atoms with van der Waals surface area (Å²) in [7, 11) is -1.87. The lowest BCUT2D eigenvalue weighted by Crippen LogP contribution is -2.56. The molecule has 1 heterocycles. The number of nitrogens with zero attached hydrogens (tertiary/aromatic N) is 1. The first-order chi connectivity index (χ1) is 10.4. The van der Waals surface area contributed by atoms with Crippen molar-refractivity contribution >= 4 is 10.0 Å². The molecule has 6 nitrogen and oxygen atoms in total. The lowest BCUT2D eigenvalue weighted by atomic mass is 10.2. The molecule has 0 aromatic heterocycles. The average molecular weight is 328 g/mol. The van der Waals surface area contributed by atoms with Crippen LogP contribution < -0.4 is 10.1 Å². The van der Waals surface area contributed by atoms with Crippen molar-refractivity contribution in [2.24, 2.45) is 0 Å². The number of benzene rings is 1. The maximum atomic E-state index is 12.8. The van der Waals surface area contributed by atoms with Gasteiger partial charge in [-0.05, 0) is 38.1 Å². The Hall–Kier alpha value is -1.15. The second-order valence-electron chi connectivity index (χ2n) is 5.55. The summed E-state index contributed by atoms with van der Waals surface area (Å²) in [6.07, 6.45) is 0. The van der Waals surface area contributed by atoms with Gasteiger partial charge in [-0.2, -0.15) is 4.31 Å². The zero-order chi connectivity index (χ0) is 16.2. The quantitative estimate of drug-likeness (QED) is 0.792. The third-order valence-corrected chi connectivity index (χ3v) is 5.69. The van der Waals surface area contributed by atoms with Crippen molar-refractivity contribution < 1.29 is 17.9 Å². The number of sulfonamides is 1. The number of ether oxygens (including phenoxy) is 2. The molecular weight excluding hydrogens is 304 g/mol. The van der Waals surface area contributed by atoms with E-state index in [2.05, 4.69) is 5.32 Å². The van der Waals surface area contributed by atoms with Crippen LogP contribution in [0.15, 0.2) is 29.2 Å². The minimum atomic E-state index is -3.47. The fourth-order valence-corrected chi connectivity index (χ4v) is 4.13. The normalized spacial score (nSPS) is 23.4. The summed E-state index contributed by atoms with van der Waals surface area (Å²) in [6, 6.07) is 6.65. The lowest BCUT2D eigenvalue weighted by molar-refractivity contribution is 0.146. The number of hydrogen-bond acceptors (Lipinski definition) is 5. The molecule has 0 aliphatic carbocycles. The van der Waals surface area contributed by atoms with Crippen LogP contribution in [0.3, 0.4) is 0 Å². The third kappa shape index (κ3) is 3.98. The molecule has 22 heavy (non-hydrogen) atoms. The Labute approximate surface area is 132 Å². The Morgan fingerprint density at radius 2 is 1.91 bits per heavy atom. The highest BCUT2D eigenvalue weighted by atomic mass is 32.2. The van der Waals surface area contributed by atoms with Gasteiger partial charge in [-0.15, -0.1) is 0 Å². The van der Waals surface area contributed by atoms with Crippen LogP contribution in [0.25, 0.3) is 0 Å². The van der Waals surface area contributed by atoms with Gasteiger partial charge in [0.05, 0.1) is 11.5 Å². The number of nitrogens with one attached hydrogen (secondary N) is 1. The molecule has 0 amide bonds. The van der Waals surface area contributed by atoms with Gasteiger partial charge in [0, 0.05) is 32.3 Å². The zero-order valence-electron chi connectivity index (χ0n) is 13.3. The second kappa shape index (κ2) is 7.41. The summed E-state index contributed by atoms with van der Waals surface area (Å²) in [5, 5.41) is 3.29. The number of methoxy groups -OCH3 is 1. The molecule has 1 aliphatic rings. The summed E-state index contributed by atoms with van der Waals surface area (Å²) in [4.78, 5) is 0.299. The first-order valence-corrected chi connectivity index (χ1v) is 8.86. The van der Waals surface area contributed by atoms with Gasteiger partial charge in [0.25, 0.3) is 0 Å². The third-order valence-electron chi connectivity index (χ3n) is 3.69. The molecule has 2 atom stereocenters. The maximum absolute atomic E-state index is 12.8. The Kier molecular flexibility index (Phi) is 5.80. The van der Waals surface area contributed by atoms with E-state index in [1.54, 1.807) is 35.7 Å². The van der Waals surface area contributed by atoms with Crippen molar-refractivity contribution in [2.45, 2.75) is 30.8 Å². The van der Waals surface area contributed by atoms with E-state index in [9.17, 15) is 8.42 Å². The van der Waals surface area contributed by atoms with Gasteiger partial charge in [0.15, 0.2) is 0 Å². The summed E-state index contributed by atoms with van der Waals surface area (Å²) in [5.74, 6) is 0.637. The summed E-state index contributed by atoms with van der Waals surface area (Å²) in [5.41, 5.74) is 0. The van der Waals surface area contributed by atoms with Gasteiger partial charge in [-0.3, -0.25) is 0 Å². The van der Waals surface area contributed by atoms with Crippen LogP contribution in [0.1, 0.15) is 13.8 Å². The molecule has 2 unspecified atom stereocenters. The van der Waals surface area contributed by atoms with Crippen LogP contribution in [-0.4, -0.2) is 58.2 Å². The van der Waals surface area contributed by atoms with Crippen LogP contribution in [0.4, 0.5) is 0 Å². The standard InChI is InChI=1S/C15H24N2O4S/c1-12-11-17(13(2)10-16-12)22(18,19)15-6-4-14(5-7-15)21-9-8-20-3/h4-7,12-13,16H,8-11H2,1-3H3. The molecule has 1 aromatic rings. The van der Waals surface area contributed by atoms with Crippen LogP contribution in [0.2, 0.25) is 0 Å². The fraction of sp³-hybridized carbons (Fsp3) is 0.600. The number of hydrogen-bond donors (Lipinski definition) is 1. The van der Waals surface area contributed by atoms with E-state index in [1.165, 1.54) is 0 Å². The minimum Gasteiger partial charge on any atom is -0.491 e. The van der Waals surface area contributed by atoms with Gasteiger partial charge in [-0.25, -0.2) is 8.42 Å². The molecule has 0 saturated carbocycles. The first-order valence-electron chi connectivity index (χ1n) is 7.42. The van der Waals surface area contributed by atoms with Crippen LogP contribution >= 0.6 is 0 Å². The summed E-state index contributed by atoms with van der Waals surface area (Å²) in [6.45, 7) is 5.99. The highest BCUT2D eigenvalue weighted by molar-refractivity contribution is 7.89. The summed E-state index contributed by atoms with van der Waals surface area (Å²) < 4.78 is 37.4. The highest BCUT2D eigenvalue weighted by Crippen LogP contribution is 2.22. The van der Waals surface area contributed by atoms with E-state index in [0.717, 1.165) is 0 Å². The van der Waals surface area contributed by atoms with Crippen molar-refractivity contribution in [3.63, 3.8) is 0 Å². The Balaban J connectivity index is 2.12. The maximum Gasteiger partial charge on any atom is 0.243 e. The fourth-order valence-electron chi connectivity index (χ4n) is 2.41. The minimum absolute atomic E-state index is 0.0566. The van der Waals surface area contributed by atoms with Gasteiger partial charge in [0.2, 0.25) is 10.0 Å². The second-order valence-corrected chi connectivity index (χ2v) is 7.44. The Morgan fingerprint density at radius 1 is 1.23 bits per heavy atom. The molecule has 1 N–H and O–H groups in total. The van der Waals surface area contributed by atoms with Gasteiger partial charge in [-0.1, -0.05) is 0 Å². The summed E-state index contributed by atoms with van der Waals surface area (Å²) >= 11 is 0. The first kappa shape index (κ1) is 17.2. The Morgan fingerprint density at radius 3 is 2.55 bits per heavy atom. The monoisotopic (exact) mass is 328 g/mol. The molecule has 1 aliphatic heterocycles. The van der Waals surface area contributed by atoms with E-state index in [0.29, 0.717) is 36.9 Å². The SMILES string of the molecule is COCCOc1ccc(S(=O)(=O)N2CC(C)NCC2C)cc1. The van der Waals surface area contributed by atoms with Crippen LogP contribution in [0, 0.1) is 0 Å². The molecule has 1 aromatic carbocycles. The van der Waals surface area contributed by atoms with Crippen molar-refractivity contribution in [3.8, 4) is 5.75 Å². The van der Waals surface area contributed by atoms with Crippen LogP contribution in [-0.2, 0) is 14.8 Å². The Bertz CT molecular complexity index is 574. The predicted molar refractivity (Wildman–Crippen MR) is 84.6 cm³/mol. The molecule has 7 heteroatoms. The molecule has 0 radical (unpaired) electrons. The molecule has 124 valence electrons. The highest BCUT2D eigenvalue weighted by Gasteiger charge is 2.33. The number of rotatable bonds is 6. The zero-order valence-corrected chi connectivity index (χ0v) is 14.1. The van der Waals surface area contributed by atoms with Crippen molar-refractivity contribution in [2.75, 3.05) is 33.4 Å². The molecule has 1 fully saturated rings. The smallest absolute Gasteiger partial charge is 0.243 e. The van der Waals surface area contributed by atoms with Crippen molar-refractivity contribution in [3.05, 3.63) is 24.3 Å². The van der Waals surface area contributed by atoms with E-state index in [-0.39, 0.29) is 12.1 Å². The molecule has 2 rings (SSSR count). The molecular formula is C15H24N2O4S. The van der Waals surface area contributed by atoms with Crippen molar-refractivity contribution in [1.82, 2.24) is 9.62 Å². The molecule has 1 saturated heterocycles. The van der Waals surface area contributed by atoms with E-state index in [4.69, 9.17) is 9.47 Å². The topological polar surface area (TPSA) is 67.9 Å². The predicted octanol–water partition coefficient (Wildman–Crippen LogP) is 1.08. The van der Waals surface area contributed by atoms with Crippen molar-refractivity contribution in [1.29, 1.82) is 0 Å². The van der Waals surface area contributed by atoms with E-state index < -0.39 is 10.0 Å². The van der Waals surface area contributed by atoms with Gasteiger partial charge in [0.1, 0.15) is 12.4 Å². The van der Waals surface area contributed by atoms with Gasteiger partial charge < -0.3 is 14.8 Å². The van der Waals surface area contributed by atoms with Crippen LogP contribution in [0.5, 0.6) is 5.75 Å². The average Bonchev–Trinajstić information content (AvgIpc) is 2.50. The van der Waals surface area contributed by atoms with E-state index in [1.807, 2.05) is 13.8 Å². The molecule has 0 bridgehead atoms. The number of piperazine rings is 1. The molecule has 0 spiro atoms. The van der Waals surface area contributed by atoms with Gasteiger partial charge >= 0.3 is 0 Å². The van der Waals surface area contributed by atoms with E-state index >= 15 is 0 Å².